The van der Waals surface area contributed by atoms with Crippen LogP contribution in [0, 0.1) is 0 Å². The van der Waals surface area contributed by atoms with Crippen molar-refractivity contribution in [3.05, 3.63) is 73.3 Å². The Labute approximate surface area is 129 Å². The summed E-state index contributed by atoms with van der Waals surface area (Å²) in [7, 11) is 0. The van der Waals surface area contributed by atoms with Gasteiger partial charge >= 0.3 is 0 Å². The monoisotopic (exact) mass is 320 g/mol. The van der Waals surface area contributed by atoms with Gasteiger partial charge in [0.2, 0.25) is 0 Å². The van der Waals surface area contributed by atoms with Gasteiger partial charge in [-0.15, -0.1) is 0 Å². The summed E-state index contributed by atoms with van der Waals surface area (Å²) < 4.78 is 6.56. The van der Waals surface area contributed by atoms with Crippen molar-refractivity contribution < 1.29 is 4.42 Å². The molecule has 6 heteroatoms. The molecule has 0 aliphatic rings. The Kier molecular flexibility index (Phi) is 3.49. The molecule has 3 rings (SSSR count). The summed E-state index contributed by atoms with van der Waals surface area (Å²) in [6.45, 7) is 3.84. The number of H-pyrrole nitrogens is 1. The zero-order valence-corrected chi connectivity index (χ0v) is 12.3. The maximum Gasteiger partial charge on any atom is 0.279 e. The number of halogens is 2. The molecule has 0 spiro atoms. The van der Waals surface area contributed by atoms with Crippen molar-refractivity contribution in [2.24, 2.45) is 0 Å². The number of rotatable bonds is 2. The molecule has 1 aromatic carbocycles. The van der Waals surface area contributed by atoms with Crippen LogP contribution in [-0.2, 0) is 0 Å². The van der Waals surface area contributed by atoms with E-state index in [2.05, 4.69) is 11.7 Å². The number of aromatic nitrogens is 2. The van der Waals surface area contributed by atoms with Gasteiger partial charge in [-0.25, -0.2) is 4.68 Å². The van der Waals surface area contributed by atoms with Crippen LogP contribution < -0.4 is 16.1 Å². The first-order valence-corrected chi connectivity index (χ1v) is 6.82. The summed E-state index contributed by atoms with van der Waals surface area (Å²) >= 11 is 11.9. The summed E-state index contributed by atoms with van der Waals surface area (Å²) in [4.78, 5) is 12.5. The molecule has 0 radical (unpaired) electrons. The number of aromatic amines is 1. The number of nitrogens with zero attached hydrogens (tertiary/aromatic N) is 1. The molecule has 0 fully saturated rings. The highest BCUT2D eigenvalue weighted by Gasteiger charge is 2.07. The van der Waals surface area contributed by atoms with Gasteiger partial charge in [0.1, 0.15) is 5.76 Å². The largest absolute Gasteiger partial charge is 0.465 e. The normalized spacial score (nSPS) is 12.0. The second-order valence-electron chi connectivity index (χ2n) is 4.43. The zero-order valence-electron chi connectivity index (χ0n) is 10.8. The molecule has 2 aromatic heterocycles. The van der Waals surface area contributed by atoms with Gasteiger partial charge in [-0.1, -0.05) is 29.8 Å². The third-order valence-electron chi connectivity index (χ3n) is 2.94. The summed E-state index contributed by atoms with van der Waals surface area (Å²) in [5.41, 5.74) is 0.288. The molecule has 0 saturated carbocycles. The molecule has 21 heavy (non-hydrogen) atoms. The Morgan fingerprint density at radius 3 is 2.57 bits per heavy atom. The van der Waals surface area contributed by atoms with Crippen molar-refractivity contribution >= 4 is 35.9 Å². The fourth-order valence-electron chi connectivity index (χ4n) is 2.01. The van der Waals surface area contributed by atoms with Crippen molar-refractivity contribution in [2.75, 3.05) is 0 Å². The van der Waals surface area contributed by atoms with Crippen molar-refractivity contribution in [1.82, 2.24) is 9.78 Å². The van der Waals surface area contributed by atoms with Crippen molar-refractivity contribution in [2.45, 2.75) is 0 Å². The third kappa shape index (κ3) is 2.68. The second-order valence-corrected chi connectivity index (χ2v) is 5.30. The second kappa shape index (κ2) is 5.31. The Bertz CT molecular complexity index is 932. The summed E-state index contributed by atoms with van der Waals surface area (Å²) in [5, 5.41) is 4.69. The minimum absolute atomic E-state index is 0.255. The van der Waals surface area contributed by atoms with Gasteiger partial charge in [0.05, 0.1) is 22.5 Å². The molecule has 0 bridgehead atoms. The van der Waals surface area contributed by atoms with Crippen molar-refractivity contribution in [3.63, 3.8) is 0 Å². The number of hydrogen-bond donors (Lipinski definition) is 1. The van der Waals surface area contributed by atoms with Crippen LogP contribution in [0.5, 0.6) is 0 Å². The third-order valence-corrected chi connectivity index (χ3v) is 3.38. The van der Waals surface area contributed by atoms with Gasteiger partial charge in [-0.3, -0.25) is 9.89 Å². The predicted molar refractivity (Wildman–Crippen MR) is 83.5 cm³/mol. The van der Waals surface area contributed by atoms with Gasteiger partial charge in [-0.05, 0) is 36.4 Å². The highest BCUT2D eigenvalue weighted by molar-refractivity contribution is 6.34. The summed E-state index contributed by atoms with van der Waals surface area (Å²) in [6.07, 6.45) is 3.17. The van der Waals surface area contributed by atoms with Crippen molar-refractivity contribution in [3.8, 4) is 5.69 Å². The number of hydrogen-bond acceptors (Lipinski definition) is 2. The van der Waals surface area contributed by atoms with Crippen LogP contribution in [0.3, 0.4) is 0 Å². The first-order valence-electron chi connectivity index (χ1n) is 6.06. The van der Waals surface area contributed by atoms with E-state index < -0.39 is 0 Å². The van der Waals surface area contributed by atoms with Crippen LogP contribution >= 0.6 is 23.2 Å². The van der Waals surface area contributed by atoms with Gasteiger partial charge in [-0.2, -0.15) is 0 Å². The van der Waals surface area contributed by atoms with E-state index in [1.807, 2.05) is 0 Å². The van der Waals surface area contributed by atoms with E-state index in [0.717, 1.165) is 0 Å². The lowest BCUT2D eigenvalue weighted by Gasteiger charge is -2.02. The standard InChI is InChI=1S/C15H10Cl2N2O2/c1-9-14(8-13-3-2-4-21-13)15(20)19(18-9)12-6-10(16)5-11(17)7-12/h2-8,18H,1H2. The fraction of sp³-hybridized carbons (Fsp3) is 0. The molecule has 3 aromatic rings. The van der Waals surface area contributed by atoms with Gasteiger partial charge in [0, 0.05) is 10.0 Å². The predicted octanol–water partition coefficient (Wildman–Crippen LogP) is 2.30. The Balaban J connectivity index is 2.23. The van der Waals surface area contributed by atoms with E-state index in [4.69, 9.17) is 27.6 Å². The first-order chi connectivity index (χ1) is 10.0. The number of nitrogens with one attached hydrogen (secondary N) is 1. The first kappa shape index (κ1) is 13.8. The highest BCUT2D eigenvalue weighted by Crippen LogP contribution is 2.20. The molecule has 1 N–H and O–H groups in total. The highest BCUT2D eigenvalue weighted by atomic mass is 35.5. The van der Waals surface area contributed by atoms with Crippen LogP contribution in [-0.4, -0.2) is 9.78 Å². The van der Waals surface area contributed by atoms with E-state index in [1.165, 1.54) is 10.9 Å². The van der Waals surface area contributed by atoms with Crippen LogP contribution in [0.25, 0.3) is 18.3 Å². The quantitative estimate of drug-likeness (QED) is 0.787. The Morgan fingerprint density at radius 1 is 1.24 bits per heavy atom. The van der Waals surface area contributed by atoms with E-state index in [-0.39, 0.29) is 5.56 Å². The molecule has 0 amide bonds. The molecule has 0 aliphatic carbocycles. The van der Waals surface area contributed by atoms with Gasteiger partial charge < -0.3 is 4.42 Å². The summed E-state index contributed by atoms with van der Waals surface area (Å²) in [6, 6.07) is 8.38. The molecular formula is C15H10Cl2N2O2. The summed E-state index contributed by atoms with van der Waals surface area (Å²) in [5.74, 6) is 0.576. The van der Waals surface area contributed by atoms with Crippen LogP contribution in [0.1, 0.15) is 5.76 Å². The number of furan rings is 1. The molecule has 2 heterocycles. The SMILES string of the molecule is C=c1[nH]n(-c2cc(Cl)cc(Cl)c2)c(=O)c1=Cc1ccco1. The molecule has 0 atom stereocenters. The lowest BCUT2D eigenvalue weighted by molar-refractivity contribution is 0.556. The van der Waals surface area contributed by atoms with Gasteiger partial charge in [0.25, 0.3) is 5.56 Å². The van der Waals surface area contributed by atoms with Gasteiger partial charge in [0.15, 0.2) is 0 Å². The Morgan fingerprint density at radius 2 is 1.95 bits per heavy atom. The fourth-order valence-corrected chi connectivity index (χ4v) is 2.52. The minimum Gasteiger partial charge on any atom is -0.465 e. The van der Waals surface area contributed by atoms with E-state index in [9.17, 15) is 4.79 Å². The topological polar surface area (TPSA) is 50.9 Å². The lowest BCUT2D eigenvalue weighted by atomic mass is 10.3. The Hall–Kier alpha value is -2.17. The maximum absolute atomic E-state index is 12.5. The van der Waals surface area contributed by atoms with E-state index in [1.54, 1.807) is 36.4 Å². The molecule has 0 aliphatic heterocycles. The molecular weight excluding hydrogens is 311 g/mol. The smallest absolute Gasteiger partial charge is 0.279 e. The average Bonchev–Trinajstić information content (AvgIpc) is 3.01. The van der Waals surface area contributed by atoms with E-state index in [0.29, 0.717) is 32.1 Å². The molecule has 0 saturated heterocycles. The molecule has 0 unspecified atom stereocenters. The maximum atomic E-state index is 12.5. The van der Waals surface area contributed by atoms with Crippen LogP contribution in [0.4, 0.5) is 0 Å². The van der Waals surface area contributed by atoms with Crippen LogP contribution in [0.2, 0.25) is 10.0 Å². The number of benzene rings is 1. The van der Waals surface area contributed by atoms with Crippen molar-refractivity contribution in [1.29, 1.82) is 0 Å². The average molecular weight is 321 g/mol. The lowest BCUT2D eigenvalue weighted by Crippen LogP contribution is -2.33. The van der Waals surface area contributed by atoms with Crippen LogP contribution in [0.15, 0.2) is 45.8 Å². The molecule has 4 nitrogen and oxygen atoms in total. The minimum atomic E-state index is -0.255. The molecule has 106 valence electrons. The zero-order chi connectivity index (χ0) is 15.0. The van der Waals surface area contributed by atoms with E-state index >= 15 is 0 Å².